The Kier molecular flexibility index (Phi) is 4.33. The van der Waals surface area contributed by atoms with E-state index < -0.39 is 15.6 Å². The standard InChI is InChI=1S/C9H13F3N2O4S/c1-13(2)8(15)14-5-3-7(4-6-14)18-19(16,17)9(10,11)12/h3H,4-6H2,1-2H3. The zero-order chi connectivity index (χ0) is 14.8. The Balaban J connectivity index is 2.69. The molecule has 0 radical (unpaired) electrons. The van der Waals surface area contributed by atoms with Gasteiger partial charge in [-0.3, -0.25) is 0 Å². The Hall–Kier alpha value is -1.45. The van der Waals surface area contributed by atoms with Crippen LogP contribution in [0.25, 0.3) is 0 Å². The van der Waals surface area contributed by atoms with Crippen LogP contribution in [-0.4, -0.2) is 56.9 Å². The highest BCUT2D eigenvalue weighted by molar-refractivity contribution is 7.87. The van der Waals surface area contributed by atoms with Crippen LogP contribution in [-0.2, 0) is 14.3 Å². The van der Waals surface area contributed by atoms with Gasteiger partial charge in [0.1, 0.15) is 5.76 Å². The van der Waals surface area contributed by atoms with Gasteiger partial charge in [0.25, 0.3) is 0 Å². The lowest BCUT2D eigenvalue weighted by molar-refractivity contribution is -0.0524. The molecule has 1 aliphatic rings. The van der Waals surface area contributed by atoms with Crippen LogP contribution in [0.1, 0.15) is 6.42 Å². The van der Waals surface area contributed by atoms with Gasteiger partial charge in [-0.05, 0) is 6.08 Å². The molecule has 10 heteroatoms. The van der Waals surface area contributed by atoms with Crippen molar-refractivity contribution in [3.05, 3.63) is 11.8 Å². The Bertz CT molecular complexity index is 484. The van der Waals surface area contributed by atoms with E-state index in [1.807, 2.05) is 0 Å². The molecular formula is C9H13F3N2O4S. The summed E-state index contributed by atoms with van der Waals surface area (Å²) in [4.78, 5) is 14.2. The van der Waals surface area contributed by atoms with Crippen LogP contribution in [0.5, 0.6) is 0 Å². The van der Waals surface area contributed by atoms with Crippen LogP contribution in [0, 0.1) is 0 Å². The van der Waals surface area contributed by atoms with Crippen molar-refractivity contribution < 1.29 is 30.6 Å². The van der Waals surface area contributed by atoms with Crippen LogP contribution in [0.3, 0.4) is 0 Å². The lowest BCUT2D eigenvalue weighted by atomic mass is 10.2. The minimum absolute atomic E-state index is 0.000274. The molecule has 0 aromatic rings. The zero-order valence-corrected chi connectivity index (χ0v) is 11.1. The van der Waals surface area contributed by atoms with Crippen molar-refractivity contribution in [2.75, 3.05) is 27.2 Å². The number of amides is 2. The molecule has 0 bridgehead atoms. The highest BCUT2D eigenvalue weighted by Gasteiger charge is 2.48. The first-order chi connectivity index (χ1) is 8.54. The maximum atomic E-state index is 12.1. The van der Waals surface area contributed by atoms with E-state index in [1.54, 1.807) is 0 Å². The maximum Gasteiger partial charge on any atom is 0.534 e. The van der Waals surface area contributed by atoms with Crippen molar-refractivity contribution >= 4 is 16.1 Å². The average molecular weight is 302 g/mol. The van der Waals surface area contributed by atoms with Gasteiger partial charge < -0.3 is 14.0 Å². The molecule has 0 saturated carbocycles. The minimum Gasteiger partial charge on any atom is -0.381 e. The summed E-state index contributed by atoms with van der Waals surface area (Å²) in [6.07, 6.45) is 1.06. The van der Waals surface area contributed by atoms with Crippen LogP contribution >= 0.6 is 0 Å². The van der Waals surface area contributed by atoms with Crippen LogP contribution in [0.15, 0.2) is 11.8 Å². The Morgan fingerprint density at radius 1 is 1.42 bits per heavy atom. The predicted molar refractivity (Wildman–Crippen MR) is 59.4 cm³/mol. The summed E-state index contributed by atoms with van der Waals surface area (Å²) in [7, 11) is -2.57. The molecule has 0 atom stereocenters. The zero-order valence-electron chi connectivity index (χ0n) is 10.3. The van der Waals surface area contributed by atoms with E-state index in [9.17, 15) is 26.4 Å². The largest absolute Gasteiger partial charge is 0.534 e. The molecule has 0 fully saturated rings. The Morgan fingerprint density at radius 2 is 2.00 bits per heavy atom. The lowest BCUT2D eigenvalue weighted by Gasteiger charge is -2.28. The van der Waals surface area contributed by atoms with Crippen molar-refractivity contribution in [3.8, 4) is 0 Å². The summed E-state index contributed by atoms with van der Waals surface area (Å²) in [5.41, 5.74) is -5.45. The molecule has 0 N–H and O–H groups in total. The number of halogens is 3. The third-order valence-corrected chi connectivity index (χ3v) is 3.32. The highest BCUT2D eigenvalue weighted by atomic mass is 32.2. The topological polar surface area (TPSA) is 66.9 Å². The van der Waals surface area contributed by atoms with Gasteiger partial charge in [0, 0.05) is 33.6 Å². The summed E-state index contributed by atoms with van der Waals surface area (Å²) >= 11 is 0. The first-order valence-electron chi connectivity index (χ1n) is 5.20. The van der Waals surface area contributed by atoms with E-state index >= 15 is 0 Å². The van der Waals surface area contributed by atoms with Crippen LogP contribution in [0.4, 0.5) is 18.0 Å². The molecule has 1 aliphatic heterocycles. The fourth-order valence-corrected chi connectivity index (χ4v) is 1.90. The monoisotopic (exact) mass is 302 g/mol. The van der Waals surface area contributed by atoms with Crippen molar-refractivity contribution in [1.29, 1.82) is 0 Å². The van der Waals surface area contributed by atoms with Crippen molar-refractivity contribution in [2.24, 2.45) is 0 Å². The van der Waals surface area contributed by atoms with E-state index in [4.69, 9.17) is 0 Å². The second-order valence-electron chi connectivity index (χ2n) is 4.03. The molecule has 2 amide bonds. The first-order valence-corrected chi connectivity index (χ1v) is 6.61. The lowest BCUT2D eigenvalue weighted by Crippen LogP contribution is -2.42. The Labute approximate surface area is 108 Å². The van der Waals surface area contributed by atoms with Gasteiger partial charge in [0.2, 0.25) is 0 Å². The minimum atomic E-state index is -5.63. The molecule has 1 heterocycles. The van der Waals surface area contributed by atoms with Gasteiger partial charge in [-0.1, -0.05) is 0 Å². The number of carbonyl (C=O) groups is 1. The number of hydrogen-bond donors (Lipinski definition) is 0. The molecule has 0 aromatic heterocycles. The maximum absolute atomic E-state index is 12.1. The van der Waals surface area contributed by atoms with Crippen LogP contribution in [0.2, 0.25) is 0 Å². The molecule has 19 heavy (non-hydrogen) atoms. The predicted octanol–water partition coefficient (Wildman–Crippen LogP) is 1.12. The van der Waals surface area contributed by atoms with Crippen molar-refractivity contribution in [3.63, 3.8) is 0 Å². The first kappa shape index (κ1) is 15.6. The van der Waals surface area contributed by atoms with E-state index in [1.165, 1.54) is 23.9 Å². The number of urea groups is 1. The van der Waals surface area contributed by atoms with Gasteiger partial charge in [0.05, 0.1) is 0 Å². The molecule has 0 spiro atoms. The van der Waals surface area contributed by atoms with Crippen molar-refractivity contribution in [2.45, 2.75) is 11.9 Å². The highest BCUT2D eigenvalue weighted by Crippen LogP contribution is 2.28. The van der Waals surface area contributed by atoms with Gasteiger partial charge in [-0.15, -0.1) is 0 Å². The van der Waals surface area contributed by atoms with Gasteiger partial charge in [-0.25, -0.2) is 4.79 Å². The normalized spacial score (nSPS) is 16.9. The Morgan fingerprint density at radius 3 is 2.37 bits per heavy atom. The van der Waals surface area contributed by atoms with Crippen molar-refractivity contribution in [1.82, 2.24) is 9.80 Å². The molecule has 6 nitrogen and oxygen atoms in total. The summed E-state index contributed by atoms with van der Waals surface area (Å²) in [5.74, 6) is -0.305. The fourth-order valence-electron chi connectivity index (χ4n) is 1.37. The summed E-state index contributed by atoms with van der Waals surface area (Å²) in [6, 6.07) is -0.311. The average Bonchev–Trinajstić information content (AvgIpc) is 2.27. The molecule has 0 aromatic carbocycles. The third kappa shape index (κ3) is 3.75. The molecule has 0 aliphatic carbocycles. The smallest absolute Gasteiger partial charge is 0.381 e. The number of alkyl halides is 3. The third-order valence-electron chi connectivity index (χ3n) is 2.32. The second-order valence-corrected chi connectivity index (χ2v) is 5.56. The summed E-state index contributed by atoms with van der Waals surface area (Å²) in [6.45, 7) is 0.0932. The van der Waals surface area contributed by atoms with Gasteiger partial charge in [-0.2, -0.15) is 21.6 Å². The molecular weight excluding hydrogens is 289 g/mol. The van der Waals surface area contributed by atoms with Gasteiger partial charge >= 0.3 is 21.7 Å². The molecule has 0 unspecified atom stereocenters. The number of hydrogen-bond acceptors (Lipinski definition) is 4. The molecule has 0 saturated heterocycles. The summed E-state index contributed by atoms with van der Waals surface area (Å²) in [5, 5.41) is 0. The summed E-state index contributed by atoms with van der Waals surface area (Å²) < 4.78 is 61.8. The van der Waals surface area contributed by atoms with E-state index in [2.05, 4.69) is 4.18 Å². The van der Waals surface area contributed by atoms with E-state index in [0.717, 1.165) is 6.08 Å². The molecule has 1 rings (SSSR count). The molecule has 110 valence electrons. The van der Waals surface area contributed by atoms with E-state index in [0.29, 0.717) is 0 Å². The quantitative estimate of drug-likeness (QED) is 0.566. The van der Waals surface area contributed by atoms with Crippen LogP contribution < -0.4 is 0 Å². The number of nitrogens with zero attached hydrogens (tertiary/aromatic N) is 2. The SMILES string of the molecule is CN(C)C(=O)N1CC=C(OS(=O)(=O)C(F)(F)F)CC1. The van der Waals surface area contributed by atoms with Gasteiger partial charge in [0.15, 0.2) is 0 Å². The number of rotatable bonds is 2. The number of carbonyl (C=O) groups excluding carboxylic acids is 1. The fraction of sp³-hybridized carbons (Fsp3) is 0.667. The van der Waals surface area contributed by atoms with E-state index in [-0.39, 0.29) is 31.3 Å². The second kappa shape index (κ2) is 5.27.